The van der Waals surface area contributed by atoms with E-state index in [9.17, 15) is 14.4 Å². The maximum Gasteiger partial charge on any atom is 0.223 e. The minimum absolute atomic E-state index is 0.0834. The van der Waals surface area contributed by atoms with E-state index in [0.717, 1.165) is 0 Å². The van der Waals surface area contributed by atoms with Crippen LogP contribution >= 0.6 is 0 Å². The van der Waals surface area contributed by atoms with Gasteiger partial charge in [-0.3, -0.25) is 14.4 Å². The summed E-state index contributed by atoms with van der Waals surface area (Å²) in [5, 5.41) is 0. The fourth-order valence-corrected chi connectivity index (χ4v) is 2.83. The minimum Gasteiger partial charge on any atom is -0.344 e. The van der Waals surface area contributed by atoms with Crippen LogP contribution in [0, 0.1) is 5.41 Å². The zero-order chi connectivity index (χ0) is 17.2. The van der Waals surface area contributed by atoms with Crippen LogP contribution in [0.5, 0.6) is 0 Å². The standard InChI is InChI=1S/C17H26N2O3/c1-10-11(2)16(22)14(12(3)15(10)21)17(4,5)9-13(20)19(6)8-7-18/h7-9,18H2,1-6H3. The van der Waals surface area contributed by atoms with Crippen molar-refractivity contribution in [3.05, 3.63) is 22.3 Å². The van der Waals surface area contributed by atoms with Gasteiger partial charge in [-0.25, -0.2) is 0 Å². The number of rotatable bonds is 5. The van der Waals surface area contributed by atoms with Crippen molar-refractivity contribution in [2.45, 2.75) is 41.0 Å². The van der Waals surface area contributed by atoms with Gasteiger partial charge in [0.25, 0.3) is 0 Å². The summed E-state index contributed by atoms with van der Waals surface area (Å²) < 4.78 is 0. The number of nitrogens with two attached hydrogens (primary N) is 1. The molecule has 1 amide bonds. The lowest BCUT2D eigenvalue weighted by Crippen LogP contribution is -2.37. The molecule has 5 heteroatoms. The van der Waals surface area contributed by atoms with Gasteiger partial charge in [-0.2, -0.15) is 0 Å². The second-order valence-corrected chi connectivity index (χ2v) is 6.57. The molecule has 1 aliphatic rings. The van der Waals surface area contributed by atoms with Crippen LogP contribution in [0.25, 0.3) is 0 Å². The first-order valence-corrected chi connectivity index (χ1v) is 7.46. The number of Topliss-reactive ketones (excluding diaryl/α,β-unsaturated/α-hetero) is 2. The topological polar surface area (TPSA) is 80.5 Å². The number of hydrogen-bond donors (Lipinski definition) is 1. The Labute approximate surface area is 132 Å². The number of nitrogens with zero attached hydrogens (tertiary/aromatic N) is 1. The van der Waals surface area contributed by atoms with E-state index in [2.05, 4.69) is 0 Å². The van der Waals surface area contributed by atoms with Crippen molar-refractivity contribution in [1.82, 2.24) is 4.90 Å². The third-order valence-electron chi connectivity index (χ3n) is 4.35. The van der Waals surface area contributed by atoms with Gasteiger partial charge in [0.2, 0.25) is 5.91 Å². The molecule has 0 saturated carbocycles. The third-order valence-corrected chi connectivity index (χ3v) is 4.35. The van der Waals surface area contributed by atoms with Gasteiger partial charge in [0.1, 0.15) is 0 Å². The molecule has 0 radical (unpaired) electrons. The fraction of sp³-hybridized carbons (Fsp3) is 0.588. The van der Waals surface area contributed by atoms with Crippen molar-refractivity contribution in [3.63, 3.8) is 0 Å². The van der Waals surface area contributed by atoms with Crippen LogP contribution in [0.1, 0.15) is 41.0 Å². The Hall–Kier alpha value is -1.75. The molecule has 0 aromatic rings. The van der Waals surface area contributed by atoms with Crippen molar-refractivity contribution >= 4 is 17.5 Å². The summed E-state index contributed by atoms with van der Waals surface area (Å²) >= 11 is 0. The molecule has 0 bridgehead atoms. The average Bonchev–Trinajstić information content (AvgIpc) is 2.42. The van der Waals surface area contributed by atoms with Crippen LogP contribution in [0.4, 0.5) is 0 Å². The van der Waals surface area contributed by atoms with Crippen LogP contribution in [0.3, 0.4) is 0 Å². The summed E-state index contributed by atoms with van der Waals surface area (Å²) in [5.74, 6) is -0.322. The highest BCUT2D eigenvalue weighted by Crippen LogP contribution is 2.39. The van der Waals surface area contributed by atoms with Crippen LogP contribution in [-0.2, 0) is 14.4 Å². The predicted octanol–water partition coefficient (Wildman–Crippen LogP) is 1.62. The first-order chi connectivity index (χ1) is 10.0. The molecule has 22 heavy (non-hydrogen) atoms. The Balaban J connectivity index is 3.14. The van der Waals surface area contributed by atoms with Gasteiger partial charge < -0.3 is 10.6 Å². The Morgan fingerprint density at radius 1 is 1.05 bits per heavy atom. The molecule has 0 fully saturated rings. The molecule has 0 unspecified atom stereocenters. The number of allylic oxidation sites excluding steroid dienone is 4. The molecule has 122 valence electrons. The normalized spacial score (nSPS) is 16.5. The van der Waals surface area contributed by atoms with E-state index in [1.165, 1.54) is 0 Å². The summed E-state index contributed by atoms with van der Waals surface area (Å²) in [5.41, 5.74) is 6.64. The first kappa shape index (κ1) is 18.3. The molecule has 0 aromatic heterocycles. The molecule has 0 atom stereocenters. The van der Waals surface area contributed by atoms with Gasteiger partial charge in [-0.15, -0.1) is 0 Å². The zero-order valence-electron chi connectivity index (χ0n) is 14.4. The average molecular weight is 306 g/mol. The highest BCUT2D eigenvalue weighted by Gasteiger charge is 2.38. The highest BCUT2D eigenvalue weighted by molar-refractivity contribution is 6.25. The number of carbonyl (C=O) groups is 3. The minimum atomic E-state index is -0.696. The van der Waals surface area contributed by atoms with E-state index in [4.69, 9.17) is 5.73 Å². The first-order valence-electron chi connectivity index (χ1n) is 7.46. The van der Waals surface area contributed by atoms with Gasteiger partial charge in [-0.05, 0) is 20.8 Å². The van der Waals surface area contributed by atoms with Crippen LogP contribution in [0.2, 0.25) is 0 Å². The molecule has 0 saturated heterocycles. The molecule has 0 heterocycles. The molecule has 5 nitrogen and oxygen atoms in total. The molecular formula is C17H26N2O3. The van der Waals surface area contributed by atoms with Crippen molar-refractivity contribution in [1.29, 1.82) is 0 Å². The molecule has 0 aromatic carbocycles. The van der Waals surface area contributed by atoms with Gasteiger partial charge in [0, 0.05) is 54.3 Å². The quantitative estimate of drug-likeness (QED) is 0.783. The Morgan fingerprint density at radius 2 is 1.55 bits per heavy atom. The van der Waals surface area contributed by atoms with Gasteiger partial charge in [0.05, 0.1) is 0 Å². The lowest BCUT2D eigenvalue weighted by molar-refractivity contribution is -0.131. The third kappa shape index (κ3) is 3.35. The second-order valence-electron chi connectivity index (χ2n) is 6.57. The number of amides is 1. The maximum atomic E-state index is 12.6. The van der Waals surface area contributed by atoms with Crippen LogP contribution in [0.15, 0.2) is 22.3 Å². The molecular weight excluding hydrogens is 280 g/mol. The highest BCUT2D eigenvalue weighted by atomic mass is 16.2. The SMILES string of the molecule is CC1=C(C)C(=O)C(C(C)(C)CC(=O)N(C)CCN)=C(C)C1=O. The van der Waals surface area contributed by atoms with Gasteiger partial charge >= 0.3 is 0 Å². The Morgan fingerprint density at radius 3 is 2.05 bits per heavy atom. The number of carbonyl (C=O) groups excluding carboxylic acids is 3. The van der Waals surface area contributed by atoms with E-state index >= 15 is 0 Å². The van der Waals surface area contributed by atoms with Crippen LogP contribution < -0.4 is 5.73 Å². The molecule has 1 aliphatic carbocycles. The summed E-state index contributed by atoms with van der Waals surface area (Å²) in [7, 11) is 1.69. The van der Waals surface area contributed by atoms with Crippen molar-refractivity contribution < 1.29 is 14.4 Å². The van der Waals surface area contributed by atoms with Crippen molar-refractivity contribution in [2.75, 3.05) is 20.1 Å². The molecule has 0 aliphatic heterocycles. The lowest BCUT2D eigenvalue weighted by atomic mass is 9.71. The van der Waals surface area contributed by atoms with E-state index < -0.39 is 5.41 Å². The molecule has 1 rings (SSSR count). The number of likely N-dealkylation sites (N-methyl/N-ethyl adjacent to an activating group) is 1. The van der Waals surface area contributed by atoms with E-state index in [-0.39, 0.29) is 23.9 Å². The predicted molar refractivity (Wildman–Crippen MR) is 86.2 cm³/mol. The summed E-state index contributed by atoms with van der Waals surface area (Å²) in [6.45, 7) is 9.53. The number of hydrogen-bond acceptors (Lipinski definition) is 4. The van der Waals surface area contributed by atoms with Crippen molar-refractivity contribution in [3.8, 4) is 0 Å². The Bertz CT molecular complexity index is 583. The summed E-state index contributed by atoms with van der Waals surface area (Å²) in [4.78, 5) is 38.7. The zero-order valence-corrected chi connectivity index (χ0v) is 14.4. The smallest absolute Gasteiger partial charge is 0.223 e. The monoisotopic (exact) mass is 306 g/mol. The Kier molecular flexibility index (Phi) is 5.46. The largest absolute Gasteiger partial charge is 0.344 e. The van der Waals surface area contributed by atoms with Crippen LogP contribution in [-0.4, -0.2) is 42.5 Å². The molecule has 2 N–H and O–H groups in total. The molecule has 0 spiro atoms. The van der Waals surface area contributed by atoms with E-state index in [1.54, 1.807) is 32.7 Å². The summed E-state index contributed by atoms with van der Waals surface area (Å²) in [6, 6.07) is 0. The summed E-state index contributed by atoms with van der Waals surface area (Å²) in [6.07, 6.45) is 0.168. The van der Waals surface area contributed by atoms with Crippen molar-refractivity contribution in [2.24, 2.45) is 11.1 Å². The fourth-order valence-electron chi connectivity index (χ4n) is 2.83. The number of ketones is 2. The second kappa shape index (κ2) is 6.57. The lowest BCUT2D eigenvalue weighted by Gasteiger charge is -2.32. The maximum absolute atomic E-state index is 12.6. The van der Waals surface area contributed by atoms with Gasteiger partial charge in [0.15, 0.2) is 11.6 Å². The van der Waals surface area contributed by atoms with E-state index in [1.807, 2.05) is 13.8 Å². The van der Waals surface area contributed by atoms with Gasteiger partial charge in [-0.1, -0.05) is 13.8 Å². The van der Waals surface area contributed by atoms with E-state index in [0.29, 0.717) is 35.4 Å².